The first-order valence-corrected chi connectivity index (χ1v) is 21.9. The molecular weight excluding hydrogens is 761 g/mol. The van der Waals surface area contributed by atoms with Crippen LogP contribution in [0.1, 0.15) is 22.3 Å². The molecule has 1 atom stereocenters. The van der Waals surface area contributed by atoms with Crippen molar-refractivity contribution in [1.29, 1.82) is 0 Å². The number of fused-ring (bicyclic) bond motifs is 8. The van der Waals surface area contributed by atoms with Crippen LogP contribution in [0.3, 0.4) is 0 Å². The Kier molecular flexibility index (Phi) is 7.07. The molecule has 0 N–H and O–H groups in total. The average molecular weight is 799 g/mol. The highest BCUT2D eigenvalue weighted by Gasteiger charge is 2.57. The highest BCUT2D eigenvalue weighted by atomic mass is 15.1. The molecule has 3 aliphatic carbocycles. The first-order valence-electron chi connectivity index (χ1n) is 21.9. The highest BCUT2D eigenvalue weighted by Crippen LogP contribution is 2.70. The van der Waals surface area contributed by atoms with Gasteiger partial charge >= 0.3 is 0 Å². The Hall–Kier alpha value is -8.20. The van der Waals surface area contributed by atoms with Crippen LogP contribution in [0, 0.1) is 0 Å². The molecule has 0 bridgehead atoms. The van der Waals surface area contributed by atoms with Gasteiger partial charge in [0.25, 0.3) is 0 Å². The van der Waals surface area contributed by atoms with Crippen molar-refractivity contribution in [2.24, 2.45) is 0 Å². The first kappa shape index (κ1) is 34.5. The molecule has 3 aliphatic rings. The predicted octanol–water partition coefficient (Wildman–Crippen LogP) is 15.9. The van der Waals surface area contributed by atoms with E-state index < -0.39 is 0 Å². The SMILES string of the molecule is c1ccc(N(c2ccc(-c3ccc4c(c3)C35c6ccccc6-c6cccc(c63)-c3cccc-4c35)cc2)c2ccc(-c3ccc4c5ccccc5n(-c5ccccc5)c4c3)cc2)cc1. The van der Waals surface area contributed by atoms with E-state index in [-0.39, 0.29) is 5.41 Å². The predicted molar refractivity (Wildman–Crippen MR) is 262 cm³/mol. The van der Waals surface area contributed by atoms with E-state index >= 15 is 0 Å². The van der Waals surface area contributed by atoms with Crippen molar-refractivity contribution in [3.63, 3.8) is 0 Å². The maximum atomic E-state index is 2.49. The number of para-hydroxylation sites is 3. The summed E-state index contributed by atoms with van der Waals surface area (Å²) < 4.78 is 2.39. The Labute approximate surface area is 366 Å². The summed E-state index contributed by atoms with van der Waals surface area (Å²) in [6.45, 7) is 0. The summed E-state index contributed by atoms with van der Waals surface area (Å²) in [5, 5.41) is 2.52. The minimum absolute atomic E-state index is 0.290. The molecule has 1 aromatic heterocycles. The van der Waals surface area contributed by atoms with Gasteiger partial charge < -0.3 is 9.47 Å². The van der Waals surface area contributed by atoms with Gasteiger partial charge in [0.2, 0.25) is 0 Å². The lowest BCUT2D eigenvalue weighted by Gasteiger charge is -2.28. The van der Waals surface area contributed by atoms with Crippen LogP contribution in [0.5, 0.6) is 0 Å². The van der Waals surface area contributed by atoms with Gasteiger partial charge in [-0.1, -0.05) is 164 Å². The van der Waals surface area contributed by atoms with Crippen molar-refractivity contribution < 1.29 is 0 Å². The third-order valence-corrected chi connectivity index (χ3v) is 14.1. The molecule has 0 saturated heterocycles. The highest BCUT2D eigenvalue weighted by molar-refractivity contribution is 6.10. The molecule has 0 aliphatic heterocycles. The van der Waals surface area contributed by atoms with Gasteiger partial charge in [-0.05, 0) is 145 Å². The second-order valence-corrected chi connectivity index (χ2v) is 17.2. The topological polar surface area (TPSA) is 8.17 Å². The fourth-order valence-corrected chi connectivity index (χ4v) is 11.6. The third-order valence-electron chi connectivity index (χ3n) is 14.1. The van der Waals surface area contributed by atoms with Crippen LogP contribution < -0.4 is 4.90 Å². The molecule has 14 rings (SSSR count). The van der Waals surface area contributed by atoms with Crippen molar-refractivity contribution >= 4 is 38.9 Å². The van der Waals surface area contributed by atoms with E-state index in [4.69, 9.17) is 0 Å². The normalized spacial score (nSPS) is 14.7. The molecule has 0 amide bonds. The molecule has 1 unspecified atom stereocenters. The molecule has 10 aromatic carbocycles. The largest absolute Gasteiger partial charge is 0.311 e. The van der Waals surface area contributed by atoms with Gasteiger partial charge in [0.15, 0.2) is 0 Å². The summed E-state index contributed by atoms with van der Waals surface area (Å²) >= 11 is 0. The van der Waals surface area contributed by atoms with Crippen LogP contribution in [0.4, 0.5) is 17.1 Å². The van der Waals surface area contributed by atoms with Crippen molar-refractivity contribution in [3.05, 3.63) is 253 Å². The van der Waals surface area contributed by atoms with E-state index in [9.17, 15) is 0 Å². The van der Waals surface area contributed by atoms with Crippen molar-refractivity contribution in [3.8, 4) is 61.3 Å². The van der Waals surface area contributed by atoms with Gasteiger partial charge in [0.1, 0.15) is 0 Å². The van der Waals surface area contributed by atoms with Gasteiger partial charge in [-0.3, -0.25) is 0 Å². The Morgan fingerprint density at radius 3 is 1.46 bits per heavy atom. The Balaban J connectivity index is 0.842. The molecule has 1 spiro atoms. The Bertz CT molecular complexity index is 3620. The van der Waals surface area contributed by atoms with Crippen LogP contribution in [-0.2, 0) is 5.41 Å². The number of hydrogen-bond acceptors (Lipinski definition) is 1. The van der Waals surface area contributed by atoms with Gasteiger partial charge in [-0.25, -0.2) is 0 Å². The lowest BCUT2D eigenvalue weighted by molar-refractivity contribution is 0.818. The minimum Gasteiger partial charge on any atom is -0.311 e. The van der Waals surface area contributed by atoms with E-state index in [0.29, 0.717) is 0 Å². The van der Waals surface area contributed by atoms with Crippen molar-refractivity contribution in [2.75, 3.05) is 4.90 Å². The Morgan fingerprint density at radius 2 is 0.778 bits per heavy atom. The molecule has 0 fully saturated rings. The second-order valence-electron chi connectivity index (χ2n) is 17.2. The Morgan fingerprint density at radius 1 is 0.302 bits per heavy atom. The van der Waals surface area contributed by atoms with Gasteiger partial charge in [-0.15, -0.1) is 0 Å². The van der Waals surface area contributed by atoms with Crippen molar-refractivity contribution in [2.45, 2.75) is 5.41 Å². The minimum atomic E-state index is -0.290. The maximum absolute atomic E-state index is 2.49. The fourth-order valence-electron chi connectivity index (χ4n) is 11.6. The summed E-state index contributed by atoms with van der Waals surface area (Å²) in [5.41, 5.74) is 25.4. The zero-order chi connectivity index (χ0) is 41.2. The fraction of sp³-hybridized carbons (Fsp3) is 0.0164. The number of anilines is 3. The van der Waals surface area contributed by atoms with E-state index in [2.05, 4.69) is 240 Å². The van der Waals surface area contributed by atoms with Gasteiger partial charge in [0.05, 0.1) is 16.4 Å². The average Bonchev–Trinajstić information content (AvgIpc) is 4.05. The standard InChI is InChI=1S/C61H38N2/c1-3-13-43(14-4-1)62(46-33-27-40(28-34-46)42-30-36-50-49-18-8-10-24-57(49)63(58(50)38-42)44-15-5-2-6-16-44)45-31-25-39(26-32-45)41-29-35-48-52-20-12-22-54-53-21-11-19-51-47-17-7-9-23-55(47)61(59(51)53,60(52)54)56(48)37-41/h1-38H. The zero-order valence-electron chi connectivity index (χ0n) is 34.3. The maximum Gasteiger partial charge on any atom is 0.0737 e. The number of hydrogen-bond donors (Lipinski definition) is 0. The van der Waals surface area contributed by atoms with Gasteiger partial charge in [0, 0.05) is 33.5 Å². The third kappa shape index (κ3) is 4.67. The molecule has 63 heavy (non-hydrogen) atoms. The van der Waals surface area contributed by atoms with Crippen LogP contribution in [-0.4, -0.2) is 4.57 Å². The number of nitrogens with zero attached hydrogens (tertiary/aromatic N) is 2. The summed E-state index contributed by atoms with van der Waals surface area (Å²) in [5.74, 6) is 0. The molecule has 2 nitrogen and oxygen atoms in total. The van der Waals surface area contributed by atoms with Crippen LogP contribution >= 0.6 is 0 Å². The lowest BCUT2D eigenvalue weighted by atomic mass is 9.73. The smallest absolute Gasteiger partial charge is 0.0737 e. The monoisotopic (exact) mass is 798 g/mol. The quantitative estimate of drug-likeness (QED) is 0.163. The van der Waals surface area contributed by atoms with Crippen molar-refractivity contribution in [1.82, 2.24) is 4.57 Å². The van der Waals surface area contributed by atoms with Crippen LogP contribution in [0.25, 0.3) is 83.1 Å². The number of rotatable bonds is 6. The number of aromatic nitrogens is 1. The van der Waals surface area contributed by atoms with E-state index in [1.807, 2.05) is 0 Å². The molecule has 292 valence electrons. The molecular formula is C61H38N2. The summed E-state index contributed by atoms with van der Waals surface area (Å²) in [6.07, 6.45) is 0. The summed E-state index contributed by atoms with van der Waals surface area (Å²) in [4.78, 5) is 2.36. The molecule has 11 aromatic rings. The van der Waals surface area contributed by atoms with E-state index in [1.165, 1.54) is 105 Å². The van der Waals surface area contributed by atoms with E-state index in [1.54, 1.807) is 0 Å². The number of benzene rings is 10. The molecule has 0 saturated carbocycles. The van der Waals surface area contributed by atoms with Crippen LogP contribution in [0.15, 0.2) is 231 Å². The van der Waals surface area contributed by atoms with Crippen LogP contribution in [0.2, 0.25) is 0 Å². The van der Waals surface area contributed by atoms with Gasteiger partial charge in [-0.2, -0.15) is 0 Å². The molecule has 0 radical (unpaired) electrons. The second kappa shape index (κ2) is 12.9. The van der Waals surface area contributed by atoms with E-state index in [0.717, 1.165) is 17.1 Å². The first-order chi connectivity index (χ1) is 31.3. The summed E-state index contributed by atoms with van der Waals surface area (Å²) in [6, 6.07) is 85.3. The lowest BCUT2D eigenvalue weighted by Crippen LogP contribution is -2.23. The zero-order valence-corrected chi connectivity index (χ0v) is 34.3. The molecule has 2 heteroatoms. The molecule has 1 heterocycles. The summed E-state index contributed by atoms with van der Waals surface area (Å²) in [7, 11) is 0.